The van der Waals surface area contributed by atoms with Gasteiger partial charge in [0.05, 0.1) is 6.61 Å². The number of rotatable bonds is 6. The molecule has 1 rings (SSSR count). The summed E-state index contributed by atoms with van der Waals surface area (Å²) in [6, 6.07) is 7.48. The summed E-state index contributed by atoms with van der Waals surface area (Å²) in [5.74, 6) is 0.572. The lowest BCUT2D eigenvalue weighted by molar-refractivity contribution is -0.116. The molecule has 0 aliphatic carbocycles. The van der Waals surface area contributed by atoms with Gasteiger partial charge in [-0.2, -0.15) is 0 Å². The Labute approximate surface area is 126 Å². The van der Waals surface area contributed by atoms with Gasteiger partial charge in [0.15, 0.2) is 0 Å². The maximum absolute atomic E-state index is 11.9. The van der Waals surface area contributed by atoms with Crippen molar-refractivity contribution in [3.63, 3.8) is 0 Å². The average molecular weight is 291 g/mol. The monoisotopic (exact) mass is 291 g/mol. The van der Waals surface area contributed by atoms with Gasteiger partial charge in [-0.25, -0.2) is 0 Å². The standard InChI is InChI=1S/C17H25NO3/c1-13(17(2,3)4)11-16(20)18-12-14-7-5-6-8-15(14)21-10-9-19/h5-8,11,19H,9-10,12H2,1-4H3,(H,18,20)/b13-11-. The highest BCUT2D eigenvalue weighted by molar-refractivity contribution is 5.88. The number of ether oxygens (including phenoxy) is 1. The zero-order chi connectivity index (χ0) is 15.9. The number of carbonyl (C=O) groups is 1. The molecule has 0 radical (unpaired) electrons. The van der Waals surface area contributed by atoms with Crippen molar-refractivity contribution in [2.75, 3.05) is 13.2 Å². The summed E-state index contributed by atoms with van der Waals surface area (Å²) in [6.07, 6.45) is 1.64. The lowest BCUT2D eigenvalue weighted by atomic mass is 9.87. The maximum atomic E-state index is 11.9. The van der Waals surface area contributed by atoms with Crippen molar-refractivity contribution in [2.45, 2.75) is 34.2 Å². The number of allylic oxidation sites excluding steroid dienone is 1. The molecule has 116 valence electrons. The molecule has 0 atom stereocenters. The van der Waals surface area contributed by atoms with Gasteiger partial charge >= 0.3 is 0 Å². The van der Waals surface area contributed by atoms with Crippen LogP contribution in [0.3, 0.4) is 0 Å². The van der Waals surface area contributed by atoms with Crippen molar-refractivity contribution < 1.29 is 14.6 Å². The van der Waals surface area contributed by atoms with Crippen LogP contribution in [0.4, 0.5) is 0 Å². The minimum Gasteiger partial charge on any atom is -0.491 e. The molecule has 1 amide bonds. The molecular formula is C17H25NO3. The number of aliphatic hydroxyl groups is 1. The second kappa shape index (κ2) is 7.84. The van der Waals surface area contributed by atoms with E-state index in [1.54, 1.807) is 6.08 Å². The largest absolute Gasteiger partial charge is 0.491 e. The van der Waals surface area contributed by atoms with E-state index in [2.05, 4.69) is 26.1 Å². The van der Waals surface area contributed by atoms with Gasteiger partial charge in [-0.05, 0) is 18.4 Å². The summed E-state index contributed by atoms with van der Waals surface area (Å²) in [6.45, 7) is 8.78. The Kier molecular flexibility index (Phi) is 6.43. The van der Waals surface area contributed by atoms with Crippen molar-refractivity contribution >= 4 is 5.91 Å². The fourth-order valence-corrected chi connectivity index (χ4v) is 1.59. The van der Waals surface area contributed by atoms with Crippen molar-refractivity contribution in [2.24, 2.45) is 5.41 Å². The molecule has 0 aliphatic rings. The first-order valence-corrected chi connectivity index (χ1v) is 7.12. The second-order valence-electron chi connectivity index (χ2n) is 5.97. The summed E-state index contributed by atoms with van der Waals surface area (Å²) in [4.78, 5) is 11.9. The lowest BCUT2D eigenvalue weighted by Crippen LogP contribution is -2.22. The normalized spacial score (nSPS) is 12.1. The summed E-state index contributed by atoms with van der Waals surface area (Å²) in [5.41, 5.74) is 1.91. The van der Waals surface area contributed by atoms with Crippen molar-refractivity contribution in [3.8, 4) is 5.75 Å². The van der Waals surface area contributed by atoms with E-state index in [9.17, 15) is 4.79 Å². The van der Waals surface area contributed by atoms with Gasteiger partial charge in [-0.3, -0.25) is 4.79 Å². The van der Waals surface area contributed by atoms with E-state index in [1.807, 2.05) is 31.2 Å². The van der Waals surface area contributed by atoms with Gasteiger partial charge in [0.1, 0.15) is 12.4 Å². The third kappa shape index (κ3) is 6.00. The molecule has 4 nitrogen and oxygen atoms in total. The highest BCUT2D eigenvalue weighted by Crippen LogP contribution is 2.24. The van der Waals surface area contributed by atoms with Gasteiger partial charge in [0.2, 0.25) is 5.91 Å². The molecule has 21 heavy (non-hydrogen) atoms. The molecule has 1 aromatic carbocycles. The van der Waals surface area contributed by atoms with Crippen molar-refractivity contribution in [1.29, 1.82) is 0 Å². The SMILES string of the molecule is C/C(=C/C(=O)NCc1ccccc1OCCO)C(C)(C)C. The summed E-state index contributed by atoms with van der Waals surface area (Å²) in [5, 5.41) is 11.7. The molecule has 0 heterocycles. The van der Waals surface area contributed by atoms with Crippen LogP contribution >= 0.6 is 0 Å². The Morgan fingerprint density at radius 2 is 2.00 bits per heavy atom. The van der Waals surface area contributed by atoms with E-state index in [-0.39, 0.29) is 24.5 Å². The van der Waals surface area contributed by atoms with Crippen LogP contribution in [0.1, 0.15) is 33.3 Å². The number of nitrogens with one attached hydrogen (secondary N) is 1. The lowest BCUT2D eigenvalue weighted by Gasteiger charge is -2.19. The molecule has 2 N–H and O–H groups in total. The average Bonchev–Trinajstić information content (AvgIpc) is 2.42. The highest BCUT2D eigenvalue weighted by Gasteiger charge is 2.13. The zero-order valence-corrected chi connectivity index (χ0v) is 13.3. The Bertz CT molecular complexity index is 501. The van der Waals surface area contributed by atoms with E-state index < -0.39 is 0 Å². The molecule has 0 spiro atoms. The number of aliphatic hydroxyl groups excluding tert-OH is 1. The quantitative estimate of drug-likeness (QED) is 0.792. The molecule has 0 aromatic heterocycles. The van der Waals surface area contributed by atoms with Crippen LogP contribution in [0.2, 0.25) is 0 Å². The Morgan fingerprint density at radius 3 is 2.62 bits per heavy atom. The van der Waals surface area contributed by atoms with Gasteiger partial charge < -0.3 is 15.2 Å². The second-order valence-corrected chi connectivity index (χ2v) is 5.97. The van der Waals surface area contributed by atoms with E-state index in [1.165, 1.54) is 0 Å². The van der Waals surface area contributed by atoms with Crippen LogP contribution in [0, 0.1) is 5.41 Å². The van der Waals surface area contributed by atoms with E-state index >= 15 is 0 Å². The first-order chi connectivity index (χ1) is 9.84. The number of hydrogen-bond donors (Lipinski definition) is 2. The van der Waals surface area contributed by atoms with Crippen LogP contribution in [-0.2, 0) is 11.3 Å². The maximum Gasteiger partial charge on any atom is 0.244 e. The molecule has 0 bridgehead atoms. The molecule has 1 aromatic rings. The summed E-state index contributed by atoms with van der Waals surface area (Å²) in [7, 11) is 0. The predicted molar refractivity (Wildman–Crippen MR) is 84.1 cm³/mol. The predicted octanol–water partition coefficient (Wildman–Crippen LogP) is 2.67. The molecule has 0 unspecified atom stereocenters. The molecule has 0 saturated carbocycles. The number of para-hydroxylation sites is 1. The Hall–Kier alpha value is -1.81. The van der Waals surface area contributed by atoms with Crippen molar-refractivity contribution in [3.05, 3.63) is 41.5 Å². The van der Waals surface area contributed by atoms with Crippen LogP contribution in [0.5, 0.6) is 5.75 Å². The topological polar surface area (TPSA) is 58.6 Å². The number of benzene rings is 1. The minimum absolute atomic E-state index is 0.0144. The molecule has 0 saturated heterocycles. The zero-order valence-electron chi connectivity index (χ0n) is 13.3. The molecular weight excluding hydrogens is 266 g/mol. The van der Waals surface area contributed by atoms with E-state index in [4.69, 9.17) is 9.84 Å². The van der Waals surface area contributed by atoms with Gasteiger partial charge in [-0.15, -0.1) is 0 Å². The van der Waals surface area contributed by atoms with Crippen molar-refractivity contribution in [1.82, 2.24) is 5.32 Å². The number of carbonyl (C=O) groups excluding carboxylic acids is 1. The van der Waals surface area contributed by atoms with Crippen LogP contribution in [0.25, 0.3) is 0 Å². The molecule has 0 fully saturated rings. The summed E-state index contributed by atoms with van der Waals surface area (Å²) < 4.78 is 5.44. The fourth-order valence-electron chi connectivity index (χ4n) is 1.59. The van der Waals surface area contributed by atoms with Crippen LogP contribution in [0.15, 0.2) is 35.9 Å². The molecule has 0 aliphatic heterocycles. The third-order valence-corrected chi connectivity index (χ3v) is 3.31. The first kappa shape index (κ1) is 17.2. The van der Waals surface area contributed by atoms with Gasteiger partial charge in [0, 0.05) is 18.2 Å². The minimum atomic E-state index is -0.112. The highest BCUT2D eigenvalue weighted by atomic mass is 16.5. The van der Waals surface area contributed by atoms with E-state index in [0.717, 1.165) is 11.1 Å². The van der Waals surface area contributed by atoms with E-state index in [0.29, 0.717) is 12.3 Å². The number of hydrogen-bond acceptors (Lipinski definition) is 3. The third-order valence-electron chi connectivity index (χ3n) is 3.31. The first-order valence-electron chi connectivity index (χ1n) is 7.12. The van der Waals surface area contributed by atoms with Gasteiger partial charge in [0.25, 0.3) is 0 Å². The Balaban J connectivity index is 2.65. The van der Waals surface area contributed by atoms with Gasteiger partial charge in [-0.1, -0.05) is 44.5 Å². The number of amides is 1. The van der Waals surface area contributed by atoms with Crippen LogP contribution in [-0.4, -0.2) is 24.2 Å². The smallest absolute Gasteiger partial charge is 0.244 e. The molecule has 4 heteroatoms. The fraction of sp³-hybridized carbons (Fsp3) is 0.471. The Morgan fingerprint density at radius 1 is 1.33 bits per heavy atom. The summed E-state index contributed by atoms with van der Waals surface area (Å²) >= 11 is 0. The van der Waals surface area contributed by atoms with Crippen LogP contribution < -0.4 is 10.1 Å².